The molecule has 2 rings (SSSR count). The largest absolute Gasteiger partial charge is 0.495 e. The lowest BCUT2D eigenvalue weighted by Crippen LogP contribution is -2.38. The van der Waals surface area contributed by atoms with Crippen LogP contribution in [0.2, 0.25) is 0 Å². The molecule has 0 aromatic heterocycles. The Kier molecular flexibility index (Phi) is 4.04. The number of aryl methyl sites for hydroxylation is 1. The van der Waals surface area contributed by atoms with Crippen LogP contribution in [-0.4, -0.2) is 25.5 Å². The maximum Gasteiger partial charge on any atom is 0.228 e. The Balaban J connectivity index is 2.09. The first-order valence-electron chi connectivity index (χ1n) is 6.32. The average molecular weight is 262 g/mol. The predicted molar refractivity (Wildman–Crippen MR) is 72.1 cm³/mol. The van der Waals surface area contributed by atoms with E-state index in [1.54, 1.807) is 7.11 Å². The summed E-state index contributed by atoms with van der Waals surface area (Å²) in [6.45, 7) is 2.50. The van der Waals surface area contributed by atoms with Gasteiger partial charge in [0.25, 0.3) is 0 Å². The van der Waals surface area contributed by atoms with E-state index in [2.05, 4.69) is 10.6 Å². The highest BCUT2D eigenvalue weighted by Crippen LogP contribution is 2.26. The first-order chi connectivity index (χ1) is 9.10. The van der Waals surface area contributed by atoms with Crippen LogP contribution in [0.3, 0.4) is 0 Å². The van der Waals surface area contributed by atoms with E-state index in [0.29, 0.717) is 24.4 Å². The van der Waals surface area contributed by atoms with Crippen LogP contribution in [0.5, 0.6) is 5.75 Å². The summed E-state index contributed by atoms with van der Waals surface area (Å²) in [5.41, 5.74) is 1.69. The number of hydrogen-bond acceptors (Lipinski definition) is 3. The third-order valence-corrected chi connectivity index (χ3v) is 3.23. The zero-order valence-corrected chi connectivity index (χ0v) is 11.2. The summed E-state index contributed by atoms with van der Waals surface area (Å²) in [6, 6.07) is 5.60. The van der Waals surface area contributed by atoms with Gasteiger partial charge < -0.3 is 15.4 Å². The van der Waals surface area contributed by atoms with E-state index in [0.717, 1.165) is 5.56 Å². The van der Waals surface area contributed by atoms with E-state index in [4.69, 9.17) is 4.74 Å². The molecule has 0 bridgehead atoms. The molecule has 2 amide bonds. The molecule has 1 unspecified atom stereocenters. The van der Waals surface area contributed by atoms with Crippen molar-refractivity contribution in [2.24, 2.45) is 5.92 Å². The van der Waals surface area contributed by atoms with E-state index >= 15 is 0 Å². The van der Waals surface area contributed by atoms with Crippen molar-refractivity contribution < 1.29 is 14.3 Å². The molecule has 1 aliphatic rings. The summed E-state index contributed by atoms with van der Waals surface area (Å²) < 4.78 is 5.22. The van der Waals surface area contributed by atoms with Gasteiger partial charge >= 0.3 is 0 Å². The van der Waals surface area contributed by atoms with Crippen molar-refractivity contribution in [1.29, 1.82) is 0 Å². The molecule has 0 radical (unpaired) electrons. The van der Waals surface area contributed by atoms with Gasteiger partial charge in [0.05, 0.1) is 12.8 Å². The summed E-state index contributed by atoms with van der Waals surface area (Å²) in [6.07, 6.45) is 0.922. The molecule has 0 spiro atoms. The van der Waals surface area contributed by atoms with E-state index in [-0.39, 0.29) is 24.2 Å². The molecule has 19 heavy (non-hydrogen) atoms. The Morgan fingerprint density at radius 1 is 1.47 bits per heavy atom. The van der Waals surface area contributed by atoms with E-state index in [1.165, 1.54) is 0 Å². The van der Waals surface area contributed by atoms with Crippen LogP contribution < -0.4 is 15.4 Å². The number of benzene rings is 1. The molecule has 1 atom stereocenters. The molecule has 102 valence electrons. The monoisotopic (exact) mass is 262 g/mol. The molecule has 2 N–H and O–H groups in total. The number of amides is 2. The Labute approximate surface area is 112 Å². The zero-order chi connectivity index (χ0) is 13.8. The van der Waals surface area contributed by atoms with Gasteiger partial charge in [-0.1, -0.05) is 6.07 Å². The quantitative estimate of drug-likeness (QED) is 0.866. The molecule has 1 saturated heterocycles. The fraction of sp³-hybridized carbons (Fsp3) is 0.429. The lowest BCUT2D eigenvalue weighted by molar-refractivity contribution is -0.129. The van der Waals surface area contributed by atoms with Gasteiger partial charge in [0.15, 0.2) is 0 Å². The van der Waals surface area contributed by atoms with Crippen LogP contribution in [0.4, 0.5) is 5.69 Å². The van der Waals surface area contributed by atoms with Crippen molar-refractivity contribution in [3.8, 4) is 5.75 Å². The summed E-state index contributed by atoms with van der Waals surface area (Å²) in [5, 5.41) is 5.57. The topological polar surface area (TPSA) is 67.4 Å². The second-order valence-electron chi connectivity index (χ2n) is 4.73. The fourth-order valence-corrected chi connectivity index (χ4v) is 2.16. The van der Waals surface area contributed by atoms with Gasteiger partial charge in [-0.05, 0) is 31.0 Å². The Morgan fingerprint density at radius 3 is 2.95 bits per heavy atom. The van der Waals surface area contributed by atoms with Crippen molar-refractivity contribution in [1.82, 2.24) is 5.32 Å². The smallest absolute Gasteiger partial charge is 0.228 e. The molecule has 1 fully saturated rings. The fourth-order valence-electron chi connectivity index (χ4n) is 2.16. The molecule has 0 saturated carbocycles. The zero-order valence-electron chi connectivity index (χ0n) is 11.2. The van der Waals surface area contributed by atoms with E-state index in [1.807, 2.05) is 25.1 Å². The maximum atomic E-state index is 12.1. The third-order valence-electron chi connectivity index (χ3n) is 3.23. The second-order valence-corrected chi connectivity index (χ2v) is 4.73. The molecule has 1 aromatic carbocycles. The minimum atomic E-state index is -0.265. The maximum absolute atomic E-state index is 12.1. The van der Waals surface area contributed by atoms with Gasteiger partial charge in [0, 0.05) is 18.9 Å². The average Bonchev–Trinajstić information content (AvgIpc) is 2.39. The predicted octanol–water partition coefficient (Wildman–Crippen LogP) is 1.47. The van der Waals surface area contributed by atoms with Crippen molar-refractivity contribution in [2.45, 2.75) is 19.8 Å². The van der Waals surface area contributed by atoms with Gasteiger partial charge in [0.2, 0.25) is 11.8 Å². The van der Waals surface area contributed by atoms with Gasteiger partial charge in [0.1, 0.15) is 5.75 Å². The highest BCUT2D eigenvalue weighted by atomic mass is 16.5. The number of anilines is 1. The summed E-state index contributed by atoms with van der Waals surface area (Å²) >= 11 is 0. The molecule has 5 nitrogen and oxygen atoms in total. The summed E-state index contributed by atoms with van der Waals surface area (Å²) in [5.74, 6) is 0.166. The summed E-state index contributed by atoms with van der Waals surface area (Å²) in [4.78, 5) is 23.4. The first-order valence-corrected chi connectivity index (χ1v) is 6.32. The normalized spacial score (nSPS) is 18.6. The number of carbonyl (C=O) groups is 2. The Hall–Kier alpha value is -2.04. The minimum Gasteiger partial charge on any atom is -0.495 e. The number of piperidine rings is 1. The summed E-state index contributed by atoms with van der Waals surface area (Å²) in [7, 11) is 1.56. The molecule has 1 aliphatic heterocycles. The van der Waals surface area contributed by atoms with Crippen LogP contribution in [0.15, 0.2) is 18.2 Å². The van der Waals surface area contributed by atoms with Crippen LogP contribution >= 0.6 is 0 Å². The lowest BCUT2D eigenvalue weighted by Gasteiger charge is -2.21. The minimum absolute atomic E-state index is 0.0670. The Bertz CT molecular complexity index is 499. The van der Waals surface area contributed by atoms with Crippen molar-refractivity contribution in [3.05, 3.63) is 23.8 Å². The van der Waals surface area contributed by atoms with Crippen molar-refractivity contribution in [3.63, 3.8) is 0 Å². The Morgan fingerprint density at radius 2 is 2.26 bits per heavy atom. The number of carbonyl (C=O) groups excluding carboxylic acids is 2. The lowest BCUT2D eigenvalue weighted by atomic mass is 9.96. The highest BCUT2D eigenvalue weighted by molar-refractivity contribution is 5.96. The molecule has 1 heterocycles. The number of methoxy groups -OCH3 is 1. The van der Waals surface area contributed by atoms with Gasteiger partial charge in [-0.25, -0.2) is 0 Å². The van der Waals surface area contributed by atoms with Crippen LogP contribution in [0.1, 0.15) is 18.4 Å². The van der Waals surface area contributed by atoms with Gasteiger partial charge in [-0.15, -0.1) is 0 Å². The van der Waals surface area contributed by atoms with E-state index < -0.39 is 0 Å². The van der Waals surface area contributed by atoms with Gasteiger partial charge in [-0.3, -0.25) is 9.59 Å². The molecule has 1 aromatic rings. The SMILES string of the molecule is COc1ccc(C)cc1NC(=O)C1CCNC(=O)C1. The number of hydrogen-bond donors (Lipinski definition) is 2. The van der Waals surface area contributed by atoms with Crippen molar-refractivity contribution >= 4 is 17.5 Å². The van der Waals surface area contributed by atoms with Crippen LogP contribution in [0, 0.1) is 12.8 Å². The molecular formula is C14H18N2O3. The molecular weight excluding hydrogens is 244 g/mol. The molecule has 5 heteroatoms. The van der Waals surface area contributed by atoms with E-state index in [9.17, 15) is 9.59 Å². The number of nitrogens with one attached hydrogen (secondary N) is 2. The highest BCUT2D eigenvalue weighted by Gasteiger charge is 2.26. The number of ether oxygens (including phenoxy) is 1. The van der Waals surface area contributed by atoms with Crippen LogP contribution in [0.25, 0.3) is 0 Å². The second kappa shape index (κ2) is 5.73. The van der Waals surface area contributed by atoms with Crippen LogP contribution in [-0.2, 0) is 9.59 Å². The van der Waals surface area contributed by atoms with Crippen molar-refractivity contribution in [2.75, 3.05) is 19.0 Å². The van der Waals surface area contributed by atoms with Gasteiger partial charge in [-0.2, -0.15) is 0 Å². The standard InChI is InChI=1S/C14H18N2O3/c1-9-3-4-12(19-2)11(7-9)16-14(18)10-5-6-15-13(17)8-10/h3-4,7,10H,5-6,8H2,1-2H3,(H,15,17)(H,16,18). The third kappa shape index (κ3) is 3.24. The first kappa shape index (κ1) is 13.4. The number of rotatable bonds is 3. The molecule has 0 aliphatic carbocycles.